The largest absolute Gasteiger partial charge is 0.444 e. The number of H-pyrrole nitrogens is 1. The second-order valence-electron chi connectivity index (χ2n) is 8.24. The molecule has 1 aromatic heterocycles. The molecule has 2 rings (SSSR count). The topological polar surface area (TPSA) is 83.2 Å². The van der Waals surface area contributed by atoms with Crippen molar-refractivity contribution in [2.75, 3.05) is 6.54 Å². The van der Waals surface area contributed by atoms with E-state index in [2.05, 4.69) is 29.5 Å². The maximum absolute atomic E-state index is 12.7. The number of ether oxygens (including phenoxy) is 1. The average molecular weight is 373 g/mol. The van der Waals surface area contributed by atoms with Crippen LogP contribution in [0.25, 0.3) is 10.9 Å². The first-order chi connectivity index (χ1) is 12.7. The molecule has 1 aromatic carbocycles. The minimum atomic E-state index is -0.703. The summed E-state index contributed by atoms with van der Waals surface area (Å²) in [7, 11) is 0. The van der Waals surface area contributed by atoms with E-state index in [0.717, 1.165) is 22.9 Å². The van der Waals surface area contributed by atoms with Crippen LogP contribution in [0.5, 0.6) is 0 Å². The second kappa shape index (κ2) is 8.93. The first kappa shape index (κ1) is 20.8. The first-order valence-electron chi connectivity index (χ1n) is 9.48. The van der Waals surface area contributed by atoms with Crippen LogP contribution < -0.4 is 10.6 Å². The molecule has 0 spiro atoms. The number of aromatic amines is 1. The first-order valence-corrected chi connectivity index (χ1v) is 9.48. The number of hydrogen-bond acceptors (Lipinski definition) is 3. The molecule has 6 nitrogen and oxygen atoms in total. The summed E-state index contributed by atoms with van der Waals surface area (Å²) in [5.41, 5.74) is 1.36. The summed E-state index contributed by atoms with van der Waals surface area (Å²) >= 11 is 0. The zero-order valence-corrected chi connectivity index (χ0v) is 16.9. The van der Waals surface area contributed by atoms with Crippen LogP contribution in [0.2, 0.25) is 0 Å². The number of carbonyl (C=O) groups excluding carboxylic acids is 2. The predicted octanol–water partition coefficient (Wildman–Crippen LogP) is 3.77. The molecule has 0 fully saturated rings. The Balaban J connectivity index is 2.13. The fraction of sp³-hybridized carbons (Fsp3) is 0.524. The lowest BCUT2D eigenvalue weighted by atomic mass is 10.0. The van der Waals surface area contributed by atoms with Crippen LogP contribution in [0.1, 0.15) is 46.6 Å². The number of aromatic nitrogens is 1. The van der Waals surface area contributed by atoms with Crippen molar-refractivity contribution in [1.82, 2.24) is 15.6 Å². The quantitative estimate of drug-likeness (QED) is 0.691. The summed E-state index contributed by atoms with van der Waals surface area (Å²) in [5.74, 6) is 0.294. The number of amides is 2. The van der Waals surface area contributed by atoms with Crippen LogP contribution in [0.3, 0.4) is 0 Å². The maximum Gasteiger partial charge on any atom is 0.408 e. The molecule has 2 aromatic rings. The zero-order chi connectivity index (χ0) is 20.0. The Morgan fingerprint density at radius 3 is 2.56 bits per heavy atom. The van der Waals surface area contributed by atoms with E-state index in [1.54, 1.807) is 20.8 Å². The Morgan fingerprint density at radius 1 is 1.19 bits per heavy atom. The molecule has 2 amide bonds. The van der Waals surface area contributed by atoms with Crippen molar-refractivity contribution in [2.24, 2.45) is 5.92 Å². The van der Waals surface area contributed by atoms with Crippen molar-refractivity contribution < 1.29 is 14.3 Å². The third-order valence-electron chi connectivity index (χ3n) is 4.13. The summed E-state index contributed by atoms with van der Waals surface area (Å²) in [4.78, 5) is 28.1. The van der Waals surface area contributed by atoms with Crippen molar-refractivity contribution >= 4 is 22.9 Å². The van der Waals surface area contributed by atoms with Crippen LogP contribution in [-0.2, 0) is 16.0 Å². The van der Waals surface area contributed by atoms with Gasteiger partial charge in [0, 0.05) is 30.1 Å². The molecule has 6 heteroatoms. The normalized spacial score (nSPS) is 12.8. The molecule has 27 heavy (non-hydrogen) atoms. The monoisotopic (exact) mass is 373 g/mol. The smallest absolute Gasteiger partial charge is 0.408 e. The second-order valence-corrected chi connectivity index (χ2v) is 8.24. The highest BCUT2D eigenvalue weighted by Gasteiger charge is 2.25. The van der Waals surface area contributed by atoms with Crippen molar-refractivity contribution in [1.29, 1.82) is 0 Å². The number of nitrogens with one attached hydrogen (secondary N) is 3. The summed E-state index contributed by atoms with van der Waals surface area (Å²) in [6.07, 6.45) is 2.57. The number of rotatable bonds is 7. The number of hydrogen-bond donors (Lipinski definition) is 3. The molecule has 0 unspecified atom stereocenters. The molecular weight excluding hydrogens is 342 g/mol. The van der Waals surface area contributed by atoms with Gasteiger partial charge in [-0.2, -0.15) is 0 Å². The molecule has 0 saturated carbocycles. The SMILES string of the molecule is CC(C)CCNC(=O)[C@H](Cc1c[nH]c2ccccc12)NC(=O)OC(C)(C)C. The van der Waals surface area contributed by atoms with Gasteiger partial charge in [0.05, 0.1) is 0 Å². The van der Waals surface area contributed by atoms with E-state index < -0.39 is 17.7 Å². The van der Waals surface area contributed by atoms with Gasteiger partial charge in [-0.05, 0) is 44.7 Å². The fourth-order valence-corrected chi connectivity index (χ4v) is 2.79. The average Bonchev–Trinajstić information content (AvgIpc) is 2.95. The third kappa shape index (κ3) is 6.62. The minimum absolute atomic E-state index is 0.202. The van der Waals surface area contributed by atoms with E-state index in [1.165, 1.54) is 0 Å². The molecular formula is C21H31N3O3. The lowest BCUT2D eigenvalue weighted by Crippen LogP contribution is -2.49. The molecule has 148 valence electrons. The van der Waals surface area contributed by atoms with Gasteiger partial charge in [-0.25, -0.2) is 4.79 Å². The van der Waals surface area contributed by atoms with E-state index in [0.29, 0.717) is 18.9 Å². The standard InChI is InChI=1S/C21H31N3O3/c1-14(2)10-11-22-19(25)18(24-20(26)27-21(3,4)5)12-15-13-23-17-9-7-6-8-16(15)17/h6-9,13-14,18,23H,10-12H2,1-5H3,(H,22,25)(H,24,26)/t18-/m0/s1. The van der Waals surface area contributed by atoms with E-state index in [4.69, 9.17) is 4.74 Å². The molecule has 0 radical (unpaired) electrons. The van der Waals surface area contributed by atoms with Gasteiger partial charge >= 0.3 is 6.09 Å². The highest BCUT2D eigenvalue weighted by molar-refractivity contribution is 5.88. The Kier molecular flexibility index (Phi) is 6.88. The van der Waals surface area contributed by atoms with E-state index >= 15 is 0 Å². The molecule has 0 aliphatic rings. The Hall–Kier alpha value is -2.50. The van der Waals surface area contributed by atoms with Crippen molar-refractivity contribution in [3.8, 4) is 0 Å². The Labute approximate surface area is 161 Å². The molecule has 3 N–H and O–H groups in total. The van der Waals surface area contributed by atoms with E-state index in [9.17, 15) is 9.59 Å². The van der Waals surface area contributed by atoms with Gasteiger partial charge in [-0.15, -0.1) is 0 Å². The highest BCUT2D eigenvalue weighted by atomic mass is 16.6. The number of carbonyl (C=O) groups is 2. The summed E-state index contributed by atoms with van der Waals surface area (Å²) in [6, 6.07) is 7.20. The Morgan fingerprint density at radius 2 is 1.89 bits per heavy atom. The zero-order valence-electron chi connectivity index (χ0n) is 16.9. The summed E-state index contributed by atoms with van der Waals surface area (Å²) in [5, 5.41) is 6.70. The third-order valence-corrected chi connectivity index (χ3v) is 4.13. The molecule has 0 aliphatic carbocycles. The van der Waals surface area contributed by atoms with E-state index in [-0.39, 0.29) is 5.91 Å². The molecule has 0 saturated heterocycles. The summed E-state index contributed by atoms with van der Waals surface area (Å²) in [6.45, 7) is 10.2. The number of fused-ring (bicyclic) bond motifs is 1. The molecule has 0 aliphatic heterocycles. The van der Waals surface area contributed by atoms with Crippen molar-refractivity contribution in [2.45, 2.75) is 59.1 Å². The van der Waals surface area contributed by atoms with Gasteiger partial charge < -0.3 is 20.4 Å². The van der Waals surface area contributed by atoms with Gasteiger partial charge in [0.1, 0.15) is 11.6 Å². The van der Waals surface area contributed by atoms with Crippen LogP contribution in [0.15, 0.2) is 30.5 Å². The molecule has 0 bridgehead atoms. The predicted molar refractivity (Wildman–Crippen MR) is 108 cm³/mol. The van der Waals surface area contributed by atoms with Gasteiger partial charge in [0.15, 0.2) is 0 Å². The van der Waals surface area contributed by atoms with E-state index in [1.807, 2.05) is 30.5 Å². The van der Waals surface area contributed by atoms with Crippen LogP contribution in [0, 0.1) is 5.92 Å². The highest BCUT2D eigenvalue weighted by Crippen LogP contribution is 2.19. The minimum Gasteiger partial charge on any atom is -0.444 e. The number of alkyl carbamates (subject to hydrolysis) is 1. The van der Waals surface area contributed by atoms with Gasteiger partial charge in [-0.3, -0.25) is 4.79 Å². The van der Waals surface area contributed by atoms with Gasteiger partial charge in [0.25, 0.3) is 0 Å². The lowest BCUT2D eigenvalue weighted by molar-refractivity contribution is -0.123. The number of benzene rings is 1. The summed E-state index contributed by atoms with van der Waals surface area (Å²) < 4.78 is 5.33. The van der Waals surface area contributed by atoms with Crippen LogP contribution >= 0.6 is 0 Å². The lowest BCUT2D eigenvalue weighted by Gasteiger charge is -2.23. The van der Waals surface area contributed by atoms with Crippen molar-refractivity contribution in [3.05, 3.63) is 36.0 Å². The van der Waals surface area contributed by atoms with Crippen molar-refractivity contribution in [3.63, 3.8) is 0 Å². The van der Waals surface area contributed by atoms with Gasteiger partial charge in [-0.1, -0.05) is 32.0 Å². The fourth-order valence-electron chi connectivity index (χ4n) is 2.79. The van der Waals surface area contributed by atoms with Crippen LogP contribution in [-0.4, -0.2) is 35.2 Å². The number of para-hydroxylation sites is 1. The van der Waals surface area contributed by atoms with Crippen LogP contribution in [0.4, 0.5) is 4.79 Å². The molecule has 1 atom stereocenters. The maximum atomic E-state index is 12.7. The molecule has 1 heterocycles. The Bertz CT molecular complexity index is 774. The van der Waals surface area contributed by atoms with Gasteiger partial charge in [0.2, 0.25) is 5.91 Å².